The molecule has 4 N–H and O–H groups in total. The summed E-state index contributed by atoms with van der Waals surface area (Å²) in [6, 6.07) is 37.1. The average Bonchev–Trinajstić information content (AvgIpc) is 2.77. The van der Waals surface area contributed by atoms with Gasteiger partial charge in [0.15, 0.2) is 0 Å². The molecule has 0 radical (unpaired) electrons. The fraction of sp³-hybridized carbons (Fsp3) is 0. The molecule has 2 unspecified atom stereocenters. The van der Waals surface area contributed by atoms with Crippen LogP contribution in [0, 0.1) is 0 Å². The molecular weight excluding hydrogens is 482 g/mol. The first kappa shape index (κ1) is 19.9. The molecule has 144 valence electrons. The van der Waals surface area contributed by atoms with Gasteiger partial charge in [-0.25, -0.2) is 0 Å². The monoisotopic (exact) mass is 504 g/mol. The molecule has 0 aliphatic carbocycles. The van der Waals surface area contributed by atoms with E-state index in [9.17, 15) is 0 Å². The molecule has 2 atom stereocenters. The first-order chi connectivity index (χ1) is 14.2. The van der Waals surface area contributed by atoms with E-state index in [-0.39, 0.29) is 0 Å². The third kappa shape index (κ3) is 4.59. The molecule has 0 saturated carbocycles. The Morgan fingerprint density at radius 1 is 0.448 bits per heavy atom. The Bertz CT molecular complexity index is 987. The second kappa shape index (κ2) is 9.37. The Kier molecular flexibility index (Phi) is 6.42. The number of para-hydroxylation sites is 2. The predicted molar refractivity (Wildman–Crippen MR) is 126 cm³/mol. The van der Waals surface area contributed by atoms with Gasteiger partial charge in [0, 0.05) is 0 Å². The van der Waals surface area contributed by atoms with Crippen molar-refractivity contribution in [1.82, 2.24) is 0 Å². The Hall–Kier alpha value is -2.44. The van der Waals surface area contributed by atoms with Gasteiger partial charge in [-0.2, -0.15) is 0 Å². The number of anilines is 2. The van der Waals surface area contributed by atoms with Crippen LogP contribution >= 0.6 is 0 Å². The van der Waals surface area contributed by atoms with Gasteiger partial charge in [-0.15, -0.1) is 0 Å². The number of nitrogens with two attached hydrogens (primary N) is 2. The molecule has 29 heavy (non-hydrogen) atoms. The summed E-state index contributed by atoms with van der Waals surface area (Å²) in [6.45, 7) is 0. The quantitative estimate of drug-likeness (QED) is 0.311. The van der Waals surface area contributed by atoms with Crippen LogP contribution in [0.1, 0.15) is 0 Å². The second-order valence-corrected chi connectivity index (χ2v) is 15.2. The van der Waals surface area contributed by atoms with Crippen LogP contribution in [0.15, 0.2) is 109 Å². The van der Waals surface area contributed by atoms with E-state index in [0.29, 0.717) is 0 Å². The van der Waals surface area contributed by atoms with Crippen molar-refractivity contribution in [2.45, 2.75) is 0 Å². The Balaban J connectivity index is 1.83. The zero-order valence-electron chi connectivity index (χ0n) is 15.8. The van der Waals surface area contributed by atoms with E-state index in [1.54, 1.807) is 0 Å². The van der Waals surface area contributed by atoms with Crippen LogP contribution in [0.25, 0.3) is 0 Å². The molecule has 0 heterocycles. The number of nitrogen functional groups attached to an aromatic ring is 2. The van der Waals surface area contributed by atoms with E-state index >= 15 is 0 Å². The van der Waals surface area contributed by atoms with E-state index in [1.165, 1.54) is 8.70 Å². The van der Waals surface area contributed by atoms with Crippen LogP contribution < -0.4 is 28.9 Å². The Morgan fingerprint density at radius 2 is 0.793 bits per heavy atom. The summed E-state index contributed by atoms with van der Waals surface area (Å²) >= 11 is -4.22. The molecule has 0 saturated heterocycles. The van der Waals surface area contributed by atoms with E-state index in [0.717, 1.165) is 20.1 Å². The van der Waals surface area contributed by atoms with Crippen molar-refractivity contribution in [1.29, 1.82) is 0 Å². The van der Waals surface area contributed by atoms with Crippen LogP contribution in [0.4, 0.5) is 11.4 Å². The molecule has 0 aliphatic rings. The summed E-state index contributed by atoms with van der Waals surface area (Å²) < 4.78 is 11.8. The normalized spacial score (nSPS) is 13.0. The molecule has 0 amide bonds. The zero-order valence-corrected chi connectivity index (χ0v) is 19.6. The van der Waals surface area contributed by atoms with Crippen molar-refractivity contribution in [2.24, 2.45) is 0 Å². The molecule has 0 aliphatic heterocycles. The maximum atomic E-state index is 7.09. The summed E-state index contributed by atoms with van der Waals surface area (Å²) in [5.41, 5.74) is 14.4. The van der Waals surface area contributed by atoms with E-state index in [2.05, 4.69) is 60.7 Å². The summed E-state index contributed by atoms with van der Waals surface area (Å²) in [5, 5.41) is 0. The molecule has 0 aromatic heterocycles. The fourth-order valence-corrected chi connectivity index (χ4v) is 15.1. The van der Waals surface area contributed by atoms with Crippen LogP contribution in [0.3, 0.4) is 0 Å². The summed E-state index contributed by atoms with van der Waals surface area (Å²) in [7, 11) is 0. The van der Waals surface area contributed by atoms with Gasteiger partial charge < -0.3 is 0 Å². The SMILES string of the molecule is Nc1ccccc1[As](O[As](c1ccccc1)c1ccccc1N)c1ccccc1. The molecule has 4 aromatic carbocycles. The van der Waals surface area contributed by atoms with E-state index < -0.39 is 30.0 Å². The fourth-order valence-electron chi connectivity index (χ4n) is 3.01. The maximum absolute atomic E-state index is 7.09. The average molecular weight is 504 g/mol. The number of hydrogen-bond donors (Lipinski definition) is 2. The number of hydrogen-bond acceptors (Lipinski definition) is 3. The molecule has 5 heteroatoms. The van der Waals surface area contributed by atoms with Gasteiger partial charge in [-0.1, -0.05) is 0 Å². The number of benzene rings is 4. The standard InChI is InChI=1S/C24H22As2N2O/c27-23-17-9-7-15-21(23)25(19-11-3-1-4-12-19)29-26(20-13-5-2-6-14-20)22-16-8-10-18-24(22)28/h1-18H,27-28H2. The van der Waals surface area contributed by atoms with E-state index in [1.807, 2.05) is 48.5 Å². The predicted octanol–water partition coefficient (Wildman–Crippen LogP) is 1.78. The van der Waals surface area contributed by atoms with Crippen molar-refractivity contribution < 1.29 is 2.72 Å². The summed E-state index contributed by atoms with van der Waals surface area (Å²) in [5.74, 6) is 0. The second-order valence-electron chi connectivity index (χ2n) is 6.46. The van der Waals surface area contributed by atoms with E-state index in [4.69, 9.17) is 14.2 Å². The van der Waals surface area contributed by atoms with Gasteiger partial charge in [-0.3, -0.25) is 0 Å². The van der Waals surface area contributed by atoms with Crippen LogP contribution in [0.2, 0.25) is 0 Å². The third-order valence-corrected chi connectivity index (χ3v) is 15.5. The van der Waals surface area contributed by atoms with Crippen LogP contribution in [0.5, 0.6) is 0 Å². The van der Waals surface area contributed by atoms with Crippen molar-refractivity contribution in [3.05, 3.63) is 109 Å². The van der Waals surface area contributed by atoms with Crippen LogP contribution in [-0.2, 0) is 2.72 Å². The van der Waals surface area contributed by atoms with Gasteiger partial charge >= 0.3 is 182 Å². The molecule has 0 bridgehead atoms. The number of rotatable bonds is 6. The molecule has 3 nitrogen and oxygen atoms in total. The summed E-state index contributed by atoms with van der Waals surface area (Å²) in [6.07, 6.45) is 0. The minimum atomic E-state index is -2.11. The zero-order chi connectivity index (χ0) is 20.1. The third-order valence-electron chi connectivity index (χ3n) is 4.46. The molecule has 4 aromatic rings. The van der Waals surface area contributed by atoms with Gasteiger partial charge in [0.25, 0.3) is 0 Å². The molecule has 0 fully saturated rings. The van der Waals surface area contributed by atoms with Crippen molar-refractivity contribution in [3.63, 3.8) is 0 Å². The first-order valence-corrected chi connectivity index (χ1v) is 14.6. The topological polar surface area (TPSA) is 61.3 Å². The Labute approximate surface area is 181 Å². The van der Waals surface area contributed by atoms with Gasteiger partial charge in [0.05, 0.1) is 0 Å². The van der Waals surface area contributed by atoms with Gasteiger partial charge in [0.2, 0.25) is 0 Å². The van der Waals surface area contributed by atoms with Gasteiger partial charge in [-0.05, 0) is 0 Å². The van der Waals surface area contributed by atoms with Gasteiger partial charge in [0.1, 0.15) is 0 Å². The molecule has 4 rings (SSSR count). The Morgan fingerprint density at radius 3 is 1.17 bits per heavy atom. The first-order valence-electron chi connectivity index (χ1n) is 9.31. The van der Waals surface area contributed by atoms with Crippen molar-refractivity contribution in [2.75, 3.05) is 11.5 Å². The minimum absolute atomic E-state index is 0.791. The van der Waals surface area contributed by atoms with Crippen molar-refractivity contribution >= 4 is 58.8 Å². The van der Waals surface area contributed by atoms with Crippen LogP contribution in [-0.4, -0.2) is 30.0 Å². The molecule has 0 spiro atoms. The molecular formula is C24H22As2N2O. The summed E-state index contributed by atoms with van der Waals surface area (Å²) in [4.78, 5) is 0. The van der Waals surface area contributed by atoms with Crippen molar-refractivity contribution in [3.8, 4) is 0 Å².